The number of unbranched alkanes of at least 4 members (excludes halogenated alkanes) is 1. The molecule has 0 aliphatic rings. The van der Waals surface area contributed by atoms with Gasteiger partial charge in [-0.3, -0.25) is 9.79 Å². The summed E-state index contributed by atoms with van der Waals surface area (Å²) < 4.78 is 0. The molecule has 0 aromatic heterocycles. The maximum absolute atomic E-state index is 11.9. The Morgan fingerprint density at radius 1 is 1.10 bits per heavy atom. The molecule has 21 heavy (non-hydrogen) atoms. The summed E-state index contributed by atoms with van der Waals surface area (Å²) in [6, 6.07) is 0. The molecule has 0 bridgehead atoms. The fourth-order valence-electron chi connectivity index (χ4n) is 1.67. The van der Waals surface area contributed by atoms with E-state index >= 15 is 0 Å². The van der Waals surface area contributed by atoms with Crippen LogP contribution in [0.4, 0.5) is 0 Å². The van der Waals surface area contributed by atoms with Crippen molar-refractivity contribution in [2.24, 2.45) is 10.4 Å². The van der Waals surface area contributed by atoms with Crippen LogP contribution in [0.25, 0.3) is 0 Å². The number of carbonyl (C=O) groups excluding carboxylic acids is 1. The zero-order valence-electron chi connectivity index (χ0n) is 14.2. The largest absolute Gasteiger partial charge is 0.357 e. The summed E-state index contributed by atoms with van der Waals surface area (Å²) in [5, 5.41) is 9.40. The van der Waals surface area contributed by atoms with Crippen LogP contribution >= 0.6 is 11.8 Å². The predicted molar refractivity (Wildman–Crippen MR) is 94.1 cm³/mol. The average Bonchev–Trinajstić information content (AvgIpc) is 2.44. The maximum atomic E-state index is 11.9. The van der Waals surface area contributed by atoms with Gasteiger partial charge in [-0.25, -0.2) is 0 Å². The topological polar surface area (TPSA) is 65.5 Å². The zero-order valence-corrected chi connectivity index (χ0v) is 15.0. The van der Waals surface area contributed by atoms with Gasteiger partial charge in [-0.05, 0) is 52.5 Å². The Bertz CT molecular complexity index is 319. The van der Waals surface area contributed by atoms with Gasteiger partial charge in [0.25, 0.3) is 0 Å². The lowest BCUT2D eigenvalue weighted by atomic mass is 9.92. The Labute approximate surface area is 134 Å². The summed E-state index contributed by atoms with van der Waals surface area (Å²) in [6.45, 7) is 10.7. The van der Waals surface area contributed by atoms with Crippen molar-refractivity contribution in [2.75, 3.05) is 38.2 Å². The molecule has 0 rings (SSSR count). The van der Waals surface area contributed by atoms with Crippen LogP contribution in [0, 0.1) is 5.41 Å². The Morgan fingerprint density at radius 2 is 1.76 bits per heavy atom. The van der Waals surface area contributed by atoms with E-state index in [4.69, 9.17) is 0 Å². The minimum absolute atomic E-state index is 0.0459. The maximum Gasteiger partial charge on any atom is 0.227 e. The third kappa shape index (κ3) is 9.61. The molecule has 0 radical (unpaired) electrons. The van der Waals surface area contributed by atoms with Gasteiger partial charge in [-0.2, -0.15) is 11.8 Å². The molecule has 0 aliphatic carbocycles. The SMILES string of the molecule is CCNC(=O)C(C)(C)CN=C(NCC)NCCCCSC. The normalized spacial score (nSPS) is 12.1. The molecule has 0 spiro atoms. The van der Waals surface area contributed by atoms with Crippen molar-refractivity contribution in [3.05, 3.63) is 0 Å². The quantitative estimate of drug-likeness (QED) is 0.327. The van der Waals surface area contributed by atoms with Crippen molar-refractivity contribution >= 4 is 23.6 Å². The number of amides is 1. The molecule has 0 saturated carbocycles. The number of thioether (sulfide) groups is 1. The Balaban J connectivity index is 4.33. The minimum Gasteiger partial charge on any atom is -0.357 e. The van der Waals surface area contributed by atoms with E-state index in [1.54, 1.807) is 0 Å². The highest BCUT2D eigenvalue weighted by Gasteiger charge is 2.26. The van der Waals surface area contributed by atoms with Crippen LogP contribution in [0.2, 0.25) is 0 Å². The van der Waals surface area contributed by atoms with E-state index in [0.29, 0.717) is 13.1 Å². The van der Waals surface area contributed by atoms with E-state index < -0.39 is 5.41 Å². The van der Waals surface area contributed by atoms with E-state index in [1.165, 1.54) is 12.2 Å². The lowest BCUT2D eigenvalue weighted by Crippen LogP contribution is -2.42. The van der Waals surface area contributed by atoms with Crippen LogP contribution in [-0.4, -0.2) is 50.1 Å². The smallest absolute Gasteiger partial charge is 0.227 e. The van der Waals surface area contributed by atoms with Gasteiger partial charge in [0.2, 0.25) is 5.91 Å². The molecule has 0 saturated heterocycles. The minimum atomic E-state index is -0.489. The number of nitrogens with zero attached hydrogens (tertiary/aromatic N) is 1. The van der Waals surface area contributed by atoms with Crippen LogP contribution in [0.1, 0.15) is 40.5 Å². The number of carbonyl (C=O) groups is 1. The number of hydrogen-bond acceptors (Lipinski definition) is 3. The Kier molecular flexibility index (Phi) is 11.2. The molecular formula is C15H32N4OS. The van der Waals surface area contributed by atoms with Crippen molar-refractivity contribution < 1.29 is 4.79 Å². The fraction of sp³-hybridized carbons (Fsp3) is 0.867. The van der Waals surface area contributed by atoms with Crippen molar-refractivity contribution in [1.29, 1.82) is 0 Å². The Hall–Kier alpha value is -0.910. The molecule has 5 nitrogen and oxygen atoms in total. The second kappa shape index (κ2) is 11.7. The molecule has 0 atom stereocenters. The van der Waals surface area contributed by atoms with E-state index in [1.807, 2.05) is 39.5 Å². The van der Waals surface area contributed by atoms with E-state index in [9.17, 15) is 4.79 Å². The monoisotopic (exact) mass is 316 g/mol. The first-order chi connectivity index (χ1) is 9.97. The number of guanidine groups is 1. The molecule has 0 aromatic carbocycles. The molecule has 0 aromatic rings. The molecular weight excluding hydrogens is 284 g/mol. The van der Waals surface area contributed by atoms with Crippen molar-refractivity contribution in [1.82, 2.24) is 16.0 Å². The molecule has 0 fully saturated rings. The zero-order chi connectivity index (χ0) is 16.1. The first-order valence-corrected chi connectivity index (χ1v) is 9.16. The van der Waals surface area contributed by atoms with Crippen LogP contribution < -0.4 is 16.0 Å². The number of rotatable bonds is 10. The van der Waals surface area contributed by atoms with Crippen LogP contribution in [0.15, 0.2) is 4.99 Å². The summed E-state index contributed by atoms with van der Waals surface area (Å²) in [5.74, 6) is 2.03. The van der Waals surface area contributed by atoms with Crippen LogP contribution in [0.3, 0.4) is 0 Å². The van der Waals surface area contributed by atoms with Crippen LogP contribution in [0.5, 0.6) is 0 Å². The molecule has 124 valence electrons. The van der Waals surface area contributed by atoms with Gasteiger partial charge in [-0.1, -0.05) is 0 Å². The van der Waals surface area contributed by atoms with E-state index in [0.717, 1.165) is 25.5 Å². The Morgan fingerprint density at radius 3 is 2.33 bits per heavy atom. The van der Waals surface area contributed by atoms with Crippen molar-refractivity contribution in [3.63, 3.8) is 0 Å². The molecule has 0 unspecified atom stereocenters. The molecule has 0 aliphatic heterocycles. The average molecular weight is 317 g/mol. The second-order valence-electron chi connectivity index (χ2n) is 5.57. The van der Waals surface area contributed by atoms with Gasteiger partial charge in [0.05, 0.1) is 12.0 Å². The number of hydrogen-bond donors (Lipinski definition) is 3. The lowest BCUT2D eigenvalue weighted by Gasteiger charge is -2.22. The van der Waals surface area contributed by atoms with Crippen molar-refractivity contribution in [2.45, 2.75) is 40.5 Å². The summed E-state index contributed by atoms with van der Waals surface area (Å²) in [7, 11) is 0. The molecule has 0 heterocycles. The summed E-state index contributed by atoms with van der Waals surface area (Å²) >= 11 is 1.87. The number of aliphatic imine (C=N–C) groups is 1. The second-order valence-corrected chi connectivity index (χ2v) is 6.55. The highest BCUT2D eigenvalue weighted by molar-refractivity contribution is 7.98. The van der Waals surface area contributed by atoms with E-state index in [2.05, 4.69) is 27.2 Å². The fourth-order valence-corrected chi connectivity index (χ4v) is 2.16. The van der Waals surface area contributed by atoms with Gasteiger partial charge in [-0.15, -0.1) is 0 Å². The molecule has 1 amide bonds. The van der Waals surface area contributed by atoms with Gasteiger partial charge in [0, 0.05) is 19.6 Å². The predicted octanol–water partition coefficient (Wildman–Crippen LogP) is 1.85. The third-order valence-corrected chi connectivity index (χ3v) is 3.69. The van der Waals surface area contributed by atoms with Crippen LogP contribution in [-0.2, 0) is 4.79 Å². The standard InChI is InChI=1S/C15H32N4OS/c1-6-16-13(20)15(3,4)12-19-14(17-7-2)18-10-8-9-11-21-5/h6-12H2,1-5H3,(H,16,20)(H2,17,18,19). The first-order valence-electron chi connectivity index (χ1n) is 7.77. The number of nitrogens with one attached hydrogen (secondary N) is 3. The van der Waals surface area contributed by atoms with Gasteiger partial charge >= 0.3 is 0 Å². The highest BCUT2D eigenvalue weighted by atomic mass is 32.2. The van der Waals surface area contributed by atoms with E-state index in [-0.39, 0.29) is 5.91 Å². The summed E-state index contributed by atoms with van der Waals surface area (Å²) in [6.07, 6.45) is 4.46. The lowest BCUT2D eigenvalue weighted by molar-refractivity contribution is -0.128. The molecule has 6 heteroatoms. The summed E-state index contributed by atoms with van der Waals surface area (Å²) in [4.78, 5) is 16.5. The molecule has 3 N–H and O–H groups in total. The van der Waals surface area contributed by atoms with Gasteiger partial charge in [0.1, 0.15) is 0 Å². The summed E-state index contributed by atoms with van der Waals surface area (Å²) in [5.41, 5.74) is -0.489. The first kappa shape index (κ1) is 20.1. The van der Waals surface area contributed by atoms with Crippen molar-refractivity contribution in [3.8, 4) is 0 Å². The van der Waals surface area contributed by atoms with Gasteiger partial charge in [0.15, 0.2) is 5.96 Å². The third-order valence-electron chi connectivity index (χ3n) is 3.00. The van der Waals surface area contributed by atoms with Gasteiger partial charge < -0.3 is 16.0 Å². The highest BCUT2D eigenvalue weighted by Crippen LogP contribution is 2.15.